The summed E-state index contributed by atoms with van der Waals surface area (Å²) in [4.78, 5) is 22.2. The van der Waals surface area contributed by atoms with Gasteiger partial charge in [0, 0.05) is 6.42 Å². The second-order valence-corrected chi connectivity index (χ2v) is 18.8. The van der Waals surface area contributed by atoms with Gasteiger partial charge < -0.3 is 10.2 Å². The fourth-order valence-electron chi connectivity index (χ4n) is 9.17. The molecule has 0 spiro atoms. The molecule has 1 atom stereocenters. The van der Waals surface area contributed by atoms with Crippen molar-refractivity contribution in [2.24, 2.45) is 0 Å². The molecule has 0 aliphatic heterocycles. The van der Waals surface area contributed by atoms with Crippen molar-refractivity contribution < 1.29 is 19.8 Å². The summed E-state index contributed by atoms with van der Waals surface area (Å²) in [6.07, 6.45) is 61.9. The van der Waals surface area contributed by atoms with E-state index in [1.807, 2.05) is 30.3 Å². The maximum absolute atomic E-state index is 11.6. The van der Waals surface area contributed by atoms with Gasteiger partial charge in [-0.05, 0) is 18.4 Å². The van der Waals surface area contributed by atoms with Crippen LogP contribution >= 0.6 is 0 Å². The number of hydrogen-bond acceptors (Lipinski definition) is 2. The minimum absolute atomic E-state index is 0.342. The highest BCUT2D eigenvalue weighted by atomic mass is 16.4. The molecule has 0 radical (unpaired) electrons. The highest BCUT2D eigenvalue weighted by Gasteiger charge is 2.18. The van der Waals surface area contributed by atoms with E-state index in [2.05, 4.69) is 0 Å². The zero-order chi connectivity index (χ0) is 42.4. The minimum Gasteiger partial charge on any atom is -0.481 e. The van der Waals surface area contributed by atoms with Gasteiger partial charge in [-0.25, -0.2) is 0 Å². The van der Waals surface area contributed by atoms with Crippen LogP contribution in [-0.2, 0) is 9.59 Å². The van der Waals surface area contributed by atoms with E-state index in [-0.39, 0.29) is 5.92 Å². The third-order valence-electron chi connectivity index (χ3n) is 13.1. The van der Waals surface area contributed by atoms with Gasteiger partial charge in [0.05, 0.1) is 5.92 Å². The number of unbranched alkanes of at least 4 members (excludes halogenated alkanes) is 43. The minimum atomic E-state index is -0.686. The quantitative estimate of drug-likeness (QED) is 0.0642. The maximum atomic E-state index is 11.6. The predicted octanol–water partition coefficient (Wildman–Crippen LogP) is 18.9. The Balaban J connectivity index is 1.64. The third-order valence-corrected chi connectivity index (χ3v) is 13.1. The van der Waals surface area contributed by atoms with Crippen LogP contribution in [-0.4, -0.2) is 22.2 Å². The number of carboxylic acids is 2. The summed E-state index contributed by atoms with van der Waals surface area (Å²) in [7, 11) is 0. The molecule has 2 N–H and O–H groups in total. The molecule has 0 saturated heterocycles. The molecule has 0 saturated carbocycles. The van der Waals surface area contributed by atoms with Crippen molar-refractivity contribution in [2.45, 2.75) is 301 Å². The molecule has 1 unspecified atom stereocenters. The number of carboxylic acid groups (broad SMARTS) is 2. The van der Waals surface area contributed by atoms with Gasteiger partial charge in [0.1, 0.15) is 0 Å². The molecule has 0 bridgehead atoms. The number of aliphatic carboxylic acids is 2. The van der Waals surface area contributed by atoms with Crippen LogP contribution in [0.15, 0.2) is 30.3 Å². The summed E-state index contributed by atoms with van der Waals surface area (Å²) in [5.41, 5.74) is 0.943. The highest BCUT2D eigenvalue weighted by molar-refractivity contribution is 5.75. The molecule has 4 nitrogen and oxygen atoms in total. The first-order chi connectivity index (χ1) is 29.1. The number of benzene rings is 1. The lowest BCUT2D eigenvalue weighted by Gasteiger charge is -2.12. The Morgan fingerprint density at radius 1 is 0.305 bits per heavy atom. The molecule has 0 aromatic heterocycles. The van der Waals surface area contributed by atoms with E-state index >= 15 is 0 Å². The first-order valence-corrected chi connectivity index (χ1v) is 26.6. The Labute approximate surface area is 367 Å². The van der Waals surface area contributed by atoms with Crippen molar-refractivity contribution >= 4 is 11.9 Å². The number of rotatable bonds is 49. The van der Waals surface area contributed by atoms with Crippen LogP contribution in [0.3, 0.4) is 0 Å². The van der Waals surface area contributed by atoms with E-state index in [1.54, 1.807) is 0 Å². The molecule has 0 aliphatic carbocycles. The molecule has 0 fully saturated rings. The lowest BCUT2D eigenvalue weighted by Crippen LogP contribution is -2.11. The van der Waals surface area contributed by atoms with Crippen molar-refractivity contribution in [3.05, 3.63) is 35.9 Å². The average Bonchev–Trinajstić information content (AvgIpc) is 3.23. The Bertz CT molecular complexity index is 992. The Morgan fingerprint density at radius 3 is 0.712 bits per heavy atom. The topological polar surface area (TPSA) is 74.6 Å². The fraction of sp³-hybridized carbons (Fsp3) is 0.855. The molecule has 0 amide bonds. The maximum Gasteiger partial charge on any atom is 0.310 e. The largest absolute Gasteiger partial charge is 0.481 e. The van der Waals surface area contributed by atoms with Gasteiger partial charge in [0.25, 0.3) is 0 Å². The molecule has 344 valence electrons. The Morgan fingerprint density at radius 2 is 0.508 bits per heavy atom. The van der Waals surface area contributed by atoms with Gasteiger partial charge in [-0.1, -0.05) is 306 Å². The van der Waals surface area contributed by atoms with E-state index in [9.17, 15) is 14.7 Å². The summed E-state index contributed by atoms with van der Waals surface area (Å²) in [6, 6.07) is 9.72. The molecule has 1 rings (SSSR count). The summed E-state index contributed by atoms with van der Waals surface area (Å²) in [5.74, 6) is -1.68. The van der Waals surface area contributed by atoms with Crippen LogP contribution in [0.25, 0.3) is 0 Å². The molecule has 59 heavy (non-hydrogen) atoms. The molecule has 1 aromatic rings. The third kappa shape index (κ3) is 41.3. The van der Waals surface area contributed by atoms with Gasteiger partial charge >= 0.3 is 11.9 Å². The lowest BCUT2D eigenvalue weighted by atomic mass is 9.93. The predicted molar refractivity (Wildman–Crippen MR) is 257 cm³/mol. The van der Waals surface area contributed by atoms with Gasteiger partial charge in [-0.15, -0.1) is 0 Å². The van der Waals surface area contributed by atoms with Crippen LogP contribution in [0, 0.1) is 0 Å². The fourth-order valence-corrected chi connectivity index (χ4v) is 9.17. The second-order valence-electron chi connectivity index (χ2n) is 18.8. The summed E-state index contributed by atoms with van der Waals surface area (Å²) in [5, 5.41) is 18.2. The van der Waals surface area contributed by atoms with Crippen LogP contribution < -0.4 is 0 Å². The monoisotopic (exact) mass is 825 g/mol. The number of hydrogen-bond donors (Lipinski definition) is 2. The first kappa shape index (κ1) is 55.2. The van der Waals surface area contributed by atoms with Crippen LogP contribution in [0.1, 0.15) is 307 Å². The molecular formula is C55H100O4. The molecular weight excluding hydrogens is 725 g/mol. The zero-order valence-electron chi connectivity index (χ0n) is 39.2. The van der Waals surface area contributed by atoms with Crippen molar-refractivity contribution in [2.75, 3.05) is 0 Å². The molecule has 1 aromatic carbocycles. The Kier molecular flexibility index (Phi) is 42.7. The van der Waals surface area contributed by atoms with Gasteiger partial charge in [0.15, 0.2) is 0 Å². The van der Waals surface area contributed by atoms with E-state index in [1.165, 1.54) is 257 Å². The average molecular weight is 825 g/mol. The van der Waals surface area contributed by atoms with Gasteiger partial charge in [0.2, 0.25) is 0 Å². The van der Waals surface area contributed by atoms with E-state index < -0.39 is 11.9 Å². The van der Waals surface area contributed by atoms with E-state index in [0.29, 0.717) is 6.42 Å². The van der Waals surface area contributed by atoms with Crippen LogP contribution in [0.4, 0.5) is 0 Å². The lowest BCUT2D eigenvalue weighted by molar-refractivity contribution is -0.139. The zero-order valence-corrected chi connectivity index (χ0v) is 39.2. The summed E-state index contributed by atoms with van der Waals surface area (Å²) < 4.78 is 0. The molecule has 4 heteroatoms. The summed E-state index contributed by atoms with van der Waals surface area (Å²) >= 11 is 0. The van der Waals surface area contributed by atoms with Crippen molar-refractivity contribution in [3.8, 4) is 0 Å². The van der Waals surface area contributed by atoms with Crippen molar-refractivity contribution in [1.29, 1.82) is 0 Å². The SMILES string of the molecule is O=C(O)CCCCCCCCCCCCCCCCCCCCCCCCCCCCCCCCCCCCCCCCCCCCCCC(C(=O)O)c1ccccc1. The van der Waals surface area contributed by atoms with Gasteiger partial charge in [-0.3, -0.25) is 9.59 Å². The van der Waals surface area contributed by atoms with Crippen molar-refractivity contribution in [3.63, 3.8) is 0 Å². The number of carbonyl (C=O) groups is 2. The second kappa shape index (κ2) is 45.7. The van der Waals surface area contributed by atoms with Crippen LogP contribution in [0.2, 0.25) is 0 Å². The van der Waals surface area contributed by atoms with Gasteiger partial charge in [-0.2, -0.15) is 0 Å². The Hall–Kier alpha value is -1.84. The summed E-state index contributed by atoms with van der Waals surface area (Å²) in [6.45, 7) is 0. The normalized spacial score (nSPS) is 12.0. The standard InChI is InChI=1S/C55H100O4/c56-54(57)51-47-42-40-38-36-34-32-30-28-26-24-22-20-18-16-14-12-10-8-6-4-2-1-3-5-7-9-11-13-15-17-19-21-23-25-27-29-31-33-35-37-39-41-46-50-53(55(58)59)52-48-44-43-45-49-52/h43-45,48-49,53H,1-42,46-47,50-51H2,(H,56,57)(H,58,59). The smallest absolute Gasteiger partial charge is 0.310 e. The van der Waals surface area contributed by atoms with E-state index in [4.69, 9.17) is 5.11 Å². The van der Waals surface area contributed by atoms with Crippen LogP contribution in [0.5, 0.6) is 0 Å². The highest BCUT2D eigenvalue weighted by Crippen LogP contribution is 2.24. The van der Waals surface area contributed by atoms with E-state index in [0.717, 1.165) is 37.7 Å². The molecule has 0 heterocycles. The van der Waals surface area contributed by atoms with Crippen molar-refractivity contribution in [1.82, 2.24) is 0 Å². The first-order valence-electron chi connectivity index (χ1n) is 26.6. The molecule has 0 aliphatic rings.